The van der Waals surface area contributed by atoms with Gasteiger partial charge < -0.3 is 5.11 Å². The highest BCUT2D eigenvalue weighted by Gasteiger charge is 2.32. The molecule has 3 rings (SSSR count). The first-order chi connectivity index (χ1) is 8.38. The zero-order valence-corrected chi connectivity index (χ0v) is 9.68. The van der Waals surface area contributed by atoms with Crippen LogP contribution in [0.4, 0.5) is 13.2 Å². The van der Waals surface area contributed by atoms with Crippen molar-refractivity contribution in [3.05, 3.63) is 46.2 Å². The van der Waals surface area contributed by atoms with Gasteiger partial charge in [-0.3, -0.25) is 0 Å². The zero-order valence-electron chi connectivity index (χ0n) is 8.86. The molecule has 1 N–H and O–H groups in total. The Hall–Kier alpha value is -1.82. The summed E-state index contributed by atoms with van der Waals surface area (Å²) in [5.74, 6) is -1.34. The third kappa shape index (κ3) is 2.53. The molecule has 0 unspecified atom stereocenters. The van der Waals surface area contributed by atoms with Crippen LogP contribution in [0.5, 0.6) is 0 Å². The van der Waals surface area contributed by atoms with Gasteiger partial charge in [-0.2, -0.15) is 13.2 Å². The standard InChI is InChI=1S/C6H3F3O2S.C6H4/c7-6(8,9)4-2-1-3(12-4)5(10)11;1-2-6-4-3-5(1)6/h1-2H,(H,10,11);1-4H. The molecule has 0 fully saturated rings. The molecule has 1 heterocycles. The fraction of sp³-hybridized carbons (Fsp3) is 0.0833. The maximum atomic E-state index is 11.9. The Balaban J connectivity index is 0.000000164. The van der Waals surface area contributed by atoms with E-state index in [2.05, 4.69) is 24.3 Å². The lowest BCUT2D eigenvalue weighted by atomic mass is 9.95. The van der Waals surface area contributed by atoms with Gasteiger partial charge in [-0.25, -0.2) is 4.79 Å². The van der Waals surface area contributed by atoms with Crippen molar-refractivity contribution in [1.82, 2.24) is 0 Å². The van der Waals surface area contributed by atoms with Crippen molar-refractivity contribution in [3.8, 4) is 11.1 Å². The van der Waals surface area contributed by atoms with Gasteiger partial charge in [0.15, 0.2) is 0 Å². The number of rotatable bonds is 1. The fourth-order valence-corrected chi connectivity index (χ4v) is 1.98. The first kappa shape index (κ1) is 12.6. The number of alkyl halides is 3. The molecule has 1 aromatic heterocycles. The lowest BCUT2D eigenvalue weighted by Crippen LogP contribution is -2.00. The number of hydrogen-bond donors (Lipinski definition) is 1. The van der Waals surface area contributed by atoms with E-state index in [9.17, 15) is 18.0 Å². The van der Waals surface area contributed by atoms with E-state index in [-0.39, 0.29) is 16.2 Å². The molecule has 94 valence electrons. The number of aromatic carboxylic acids is 1. The van der Waals surface area contributed by atoms with Gasteiger partial charge >= 0.3 is 12.1 Å². The van der Waals surface area contributed by atoms with Crippen molar-refractivity contribution in [2.75, 3.05) is 0 Å². The van der Waals surface area contributed by atoms with Crippen LogP contribution in [0.1, 0.15) is 14.5 Å². The molecule has 0 bridgehead atoms. The lowest BCUT2D eigenvalue weighted by molar-refractivity contribution is -0.134. The Morgan fingerprint density at radius 2 is 1.50 bits per heavy atom. The average molecular weight is 272 g/mol. The Bertz CT molecular complexity index is 549. The predicted octanol–water partition coefficient (Wildman–Crippen LogP) is 4.13. The Labute approximate surface area is 104 Å². The van der Waals surface area contributed by atoms with Gasteiger partial charge in [0, 0.05) is 0 Å². The van der Waals surface area contributed by atoms with Crippen LogP contribution in [-0.4, -0.2) is 11.1 Å². The molecule has 2 aliphatic rings. The van der Waals surface area contributed by atoms with Crippen LogP contribution < -0.4 is 0 Å². The highest BCUT2D eigenvalue weighted by atomic mass is 32.1. The molecule has 6 heteroatoms. The average Bonchev–Trinajstić information content (AvgIpc) is 2.73. The van der Waals surface area contributed by atoms with Gasteiger partial charge in [-0.1, -0.05) is 24.3 Å². The van der Waals surface area contributed by atoms with Crippen LogP contribution in [0.2, 0.25) is 0 Å². The number of carboxylic acids is 1. The quantitative estimate of drug-likeness (QED) is 0.723. The Morgan fingerprint density at radius 1 is 1.00 bits per heavy atom. The molecule has 0 saturated heterocycles. The monoisotopic (exact) mass is 272 g/mol. The molecule has 2 nitrogen and oxygen atoms in total. The molecular formula is C12H7F3O2S. The number of carboxylic acid groups (broad SMARTS) is 1. The summed E-state index contributed by atoms with van der Waals surface area (Å²) in [5, 5.41) is 8.31. The first-order valence-corrected chi connectivity index (χ1v) is 5.70. The second-order valence-corrected chi connectivity index (χ2v) is 4.63. The normalized spacial score (nSPS) is 11.5. The SMILES string of the molecule is O=C(O)c1ccc(C(F)(F)F)s1.c1cc2ccc1-2. The number of benzene rings is 1. The van der Waals surface area contributed by atoms with Crippen molar-refractivity contribution >= 4 is 17.3 Å². The first-order valence-electron chi connectivity index (χ1n) is 4.88. The summed E-state index contributed by atoms with van der Waals surface area (Å²) in [6.07, 6.45) is -4.45. The summed E-state index contributed by atoms with van der Waals surface area (Å²) >= 11 is 0.223. The van der Waals surface area contributed by atoms with E-state index < -0.39 is 17.0 Å². The predicted molar refractivity (Wildman–Crippen MR) is 61.7 cm³/mol. The summed E-state index contributed by atoms with van der Waals surface area (Å²) in [6, 6.07) is 10.2. The number of thiophene rings is 1. The van der Waals surface area contributed by atoms with E-state index in [1.165, 1.54) is 11.1 Å². The van der Waals surface area contributed by atoms with E-state index >= 15 is 0 Å². The van der Waals surface area contributed by atoms with Crippen LogP contribution in [0.15, 0.2) is 36.4 Å². The highest BCUT2D eigenvalue weighted by molar-refractivity contribution is 7.14. The summed E-state index contributed by atoms with van der Waals surface area (Å²) in [6.45, 7) is 0. The van der Waals surface area contributed by atoms with Crippen LogP contribution in [0, 0.1) is 0 Å². The lowest BCUT2D eigenvalue weighted by Gasteiger charge is -2.10. The second kappa shape index (κ2) is 4.45. The van der Waals surface area contributed by atoms with Gasteiger partial charge in [0.2, 0.25) is 0 Å². The molecule has 0 amide bonds. The maximum absolute atomic E-state index is 11.9. The summed E-state index contributed by atoms with van der Waals surface area (Å²) in [4.78, 5) is 8.99. The van der Waals surface area contributed by atoms with Crippen molar-refractivity contribution in [3.63, 3.8) is 0 Å². The third-order valence-corrected chi connectivity index (χ3v) is 3.43. The van der Waals surface area contributed by atoms with Crippen LogP contribution in [0.25, 0.3) is 11.1 Å². The third-order valence-electron chi connectivity index (χ3n) is 2.31. The molecular weight excluding hydrogens is 265 g/mol. The molecule has 0 radical (unpaired) electrons. The summed E-state index contributed by atoms with van der Waals surface area (Å²) in [5.41, 5.74) is 2.85. The number of carbonyl (C=O) groups is 1. The van der Waals surface area contributed by atoms with E-state index in [1.54, 1.807) is 0 Å². The largest absolute Gasteiger partial charge is 0.477 e. The minimum atomic E-state index is -4.45. The molecule has 2 aliphatic carbocycles. The smallest absolute Gasteiger partial charge is 0.425 e. The maximum Gasteiger partial charge on any atom is 0.425 e. The molecule has 0 atom stereocenters. The van der Waals surface area contributed by atoms with E-state index in [0.717, 1.165) is 12.1 Å². The summed E-state index contributed by atoms with van der Waals surface area (Å²) in [7, 11) is 0. The van der Waals surface area contributed by atoms with E-state index in [0.29, 0.717) is 0 Å². The summed E-state index contributed by atoms with van der Waals surface area (Å²) < 4.78 is 35.6. The number of hydrogen-bond acceptors (Lipinski definition) is 2. The Morgan fingerprint density at radius 3 is 1.67 bits per heavy atom. The van der Waals surface area contributed by atoms with Gasteiger partial charge in [0.05, 0.1) is 0 Å². The molecule has 0 spiro atoms. The van der Waals surface area contributed by atoms with E-state index in [1.807, 2.05) is 0 Å². The molecule has 0 aromatic carbocycles. The minimum absolute atomic E-state index is 0.223. The fourth-order valence-electron chi connectivity index (χ4n) is 1.27. The molecule has 1 aromatic rings. The van der Waals surface area contributed by atoms with Gasteiger partial charge in [-0.15, -0.1) is 11.3 Å². The molecule has 0 aliphatic heterocycles. The van der Waals surface area contributed by atoms with Crippen LogP contribution in [-0.2, 0) is 6.18 Å². The van der Waals surface area contributed by atoms with Gasteiger partial charge in [0.25, 0.3) is 0 Å². The second-order valence-electron chi connectivity index (χ2n) is 3.54. The molecule has 18 heavy (non-hydrogen) atoms. The Kier molecular flexibility index (Phi) is 3.13. The van der Waals surface area contributed by atoms with Gasteiger partial charge in [0.1, 0.15) is 9.75 Å². The van der Waals surface area contributed by atoms with Crippen molar-refractivity contribution in [2.45, 2.75) is 6.18 Å². The number of fused-ring (bicyclic) bond motifs is 1. The van der Waals surface area contributed by atoms with Crippen LogP contribution >= 0.6 is 11.3 Å². The zero-order chi connectivity index (χ0) is 13.3. The van der Waals surface area contributed by atoms with Crippen molar-refractivity contribution in [1.29, 1.82) is 0 Å². The van der Waals surface area contributed by atoms with Crippen LogP contribution in [0.3, 0.4) is 0 Å². The van der Waals surface area contributed by atoms with Gasteiger partial charge in [-0.05, 0) is 23.3 Å². The molecule has 0 saturated carbocycles. The van der Waals surface area contributed by atoms with Crippen molar-refractivity contribution in [2.24, 2.45) is 0 Å². The van der Waals surface area contributed by atoms with Crippen molar-refractivity contribution < 1.29 is 23.1 Å². The topological polar surface area (TPSA) is 37.3 Å². The number of halogens is 3. The highest BCUT2D eigenvalue weighted by Crippen LogP contribution is 2.34. The van der Waals surface area contributed by atoms with E-state index in [4.69, 9.17) is 5.11 Å². The minimum Gasteiger partial charge on any atom is -0.477 e.